The van der Waals surface area contributed by atoms with E-state index in [0.717, 1.165) is 11.1 Å². The van der Waals surface area contributed by atoms with E-state index in [0.29, 0.717) is 33.1 Å². The van der Waals surface area contributed by atoms with Crippen LogP contribution in [-0.2, 0) is 41.4 Å². The number of halogens is 1. The van der Waals surface area contributed by atoms with Crippen LogP contribution in [0.2, 0.25) is 0 Å². The van der Waals surface area contributed by atoms with Crippen molar-refractivity contribution in [2.45, 2.75) is 75.3 Å². The molecule has 2 aromatic carbocycles. The zero-order chi connectivity index (χ0) is 33.5. The smallest absolute Gasteiger partial charge is 0.310 e. The molecule has 9 nitrogen and oxygen atoms in total. The third-order valence-electron chi connectivity index (χ3n) is 10.8. The molecule has 0 aromatic heterocycles. The van der Waals surface area contributed by atoms with Crippen molar-refractivity contribution >= 4 is 34.3 Å². The maximum Gasteiger partial charge on any atom is 0.310 e. The first-order chi connectivity index (χ1) is 22.3. The van der Waals surface area contributed by atoms with Crippen LogP contribution < -0.4 is 4.74 Å². The molecule has 0 spiro atoms. The third-order valence-corrected chi connectivity index (χ3v) is 11.8. The van der Waals surface area contributed by atoms with E-state index < -0.39 is 46.7 Å². The molecule has 47 heavy (non-hydrogen) atoms. The highest BCUT2D eigenvalue weighted by atomic mass is 131. The summed E-state index contributed by atoms with van der Waals surface area (Å²) in [6.45, 7) is 9.99. The highest BCUT2D eigenvalue weighted by Crippen LogP contribution is 2.68. The van der Waals surface area contributed by atoms with E-state index in [-0.39, 0.29) is 42.6 Å². The Balaban J connectivity index is 1.27. The van der Waals surface area contributed by atoms with Crippen LogP contribution in [0, 0.1) is 21.3 Å². The Morgan fingerprint density at radius 3 is 2.62 bits per heavy atom. The summed E-state index contributed by atoms with van der Waals surface area (Å²) < 4.78 is 32.6. The van der Waals surface area contributed by atoms with Gasteiger partial charge in [-0.15, -0.1) is 0 Å². The molecule has 248 valence electrons. The molecule has 1 saturated carbocycles. The summed E-state index contributed by atoms with van der Waals surface area (Å²) in [6, 6.07) is 13.0. The van der Waals surface area contributed by atoms with Crippen molar-refractivity contribution in [3.8, 4) is 11.5 Å². The molecule has 8 atom stereocenters. The van der Waals surface area contributed by atoms with Gasteiger partial charge in [-0.3, -0.25) is 9.59 Å². The quantitative estimate of drug-likeness (QED) is 0.209. The number of fused-ring (bicyclic) bond motifs is 2. The summed E-state index contributed by atoms with van der Waals surface area (Å²) in [5.41, 5.74) is -0.221. The van der Waals surface area contributed by atoms with Gasteiger partial charge in [0, 0.05) is 21.8 Å². The van der Waals surface area contributed by atoms with Crippen LogP contribution in [-0.4, -0.2) is 64.6 Å². The predicted octanol–water partition coefficient (Wildman–Crippen LogP) is 5.35. The Hall–Kier alpha value is -3.03. The standard InChI is InChI=1S/C37H39IO9/c1-20(2)35-16-22(4)37-26(33(35)45-36(46-35,47-37)18-23-9-7-6-8-10-23)12-24(17-34(42)30(37)11-21(3)32(34)41)19-44-31(40)14-25-13-29(43-5)28(39)15-27(25)38/h6-13,15,22,26,30,33,39,42H,1,14,16-19H2,2-5H3/t22-,26+,30-,33+,34-,35-,36?,37-/m1/s1/i38+4. The molecule has 3 fully saturated rings. The molecule has 2 aromatic rings. The number of ketones is 1. The van der Waals surface area contributed by atoms with Crippen LogP contribution in [0.5, 0.6) is 11.5 Å². The van der Waals surface area contributed by atoms with Crippen LogP contribution in [0.25, 0.3) is 0 Å². The van der Waals surface area contributed by atoms with Crippen molar-refractivity contribution in [2.75, 3.05) is 13.7 Å². The van der Waals surface area contributed by atoms with Crippen LogP contribution in [0.15, 0.2) is 77.9 Å². The monoisotopic (exact) mass is 758 g/mol. The van der Waals surface area contributed by atoms with Crippen molar-refractivity contribution in [3.05, 3.63) is 92.6 Å². The van der Waals surface area contributed by atoms with Crippen molar-refractivity contribution in [3.63, 3.8) is 0 Å². The number of aromatic hydroxyl groups is 1. The second kappa shape index (κ2) is 11.3. The number of ether oxygens (including phenoxy) is 5. The molecule has 1 unspecified atom stereocenters. The number of methoxy groups -OCH3 is 1. The number of carbonyl (C=O) groups excluding carboxylic acids is 2. The molecular formula is C37H39IO9. The minimum atomic E-state index is -1.81. The first-order valence-corrected chi connectivity index (χ1v) is 17.0. The van der Waals surface area contributed by atoms with Crippen LogP contribution in [0.4, 0.5) is 0 Å². The van der Waals surface area contributed by atoms with E-state index in [4.69, 9.17) is 23.7 Å². The second-order valence-electron chi connectivity index (χ2n) is 13.8. The zero-order valence-corrected chi connectivity index (χ0v) is 29.0. The maximum atomic E-state index is 13.8. The van der Waals surface area contributed by atoms with Crippen molar-refractivity contribution in [2.24, 2.45) is 17.8 Å². The van der Waals surface area contributed by atoms with Crippen molar-refractivity contribution in [1.82, 2.24) is 0 Å². The highest BCUT2D eigenvalue weighted by Gasteiger charge is 2.79. The van der Waals surface area contributed by atoms with Gasteiger partial charge in [-0.05, 0) is 88.8 Å². The van der Waals surface area contributed by atoms with E-state index in [2.05, 4.69) is 36.1 Å². The number of benzene rings is 2. The third kappa shape index (κ3) is 4.85. The summed E-state index contributed by atoms with van der Waals surface area (Å²) in [5.74, 6) is -3.37. The average Bonchev–Trinajstić information content (AvgIpc) is 3.33. The van der Waals surface area contributed by atoms with Gasteiger partial charge >= 0.3 is 5.97 Å². The summed E-state index contributed by atoms with van der Waals surface area (Å²) >= 11 is 2.05. The number of hydrogen-bond acceptors (Lipinski definition) is 9. The Labute approximate surface area is 287 Å². The van der Waals surface area contributed by atoms with Gasteiger partial charge in [0.05, 0.1) is 25.6 Å². The minimum Gasteiger partial charge on any atom is -0.504 e. The lowest BCUT2D eigenvalue weighted by molar-refractivity contribution is -0.421. The first-order valence-electron chi connectivity index (χ1n) is 15.9. The average molecular weight is 759 g/mol. The number of rotatable bonds is 8. The topological polar surface area (TPSA) is 121 Å². The SMILES string of the molecule is C=C(C)[C@]12C[C@@H](C)[C@@]34OC(Cc5ccccc5)(O[C@H]1[C@@H]3C=C(COC(=O)Cc1cc(OC)c(O)cc1[131I])C[C@]1(O)C(=O)C(C)=C[C@@H]41)O2. The molecule has 3 aliphatic carbocycles. The number of phenols is 1. The van der Waals surface area contributed by atoms with Gasteiger partial charge < -0.3 is 33.9 Å². The molecule has 2 N–H and O–H groups in total. The van der Waals surface area contributed by atoms with Crippen molar-refractivity contribution in [1.29, 1.82) is 0 Å². The first kappa shape index (κ1) is 32.5. The van der Waals surface area contributed by atoms with E-state index in [1.54, 1.807) is 13.0 Å². The van der Waals surface area contributed by atoms with Gasteiger partial charge in [-0.1, -0.05) is 56.0 Å². The maximum absolute atomic E-state index is 13.8. The Morgan fingerprint density at radius 2 is 1.91 bits per heavy atom. The molecular weight excluding hydrogens is 719 g/mol. The van der Waals surface area contributed by atoms with E-state index in [1.165, 1.54) is 13.2 Å². The van der Waals surface area contributed by atoms with Crippen molar-refractivity contribution < 1.29 is 43.5 Å². The number of hydrogen-bond donors (Lipinski definition) is 2. The lowest BCUT2D eigenvalue weighted by atomic mass is 9.55. The number of Topliss-reactive ketones (excluding diaryl/α,β-unsaturated/α-hetero) is 1. The van der Waals surface area contributed by atoms with Gasteiger partial charge in [-0.25, -0.2) is 0 Å². The van der Waals surface area contributed by atoms with Gasteiger partial charge in [-0.2, -0.15) is 0 Å². The largest absolute Gasteiger partial charge is 0.504 e. The van der Waals surface area contributed by atoms with Gasteiger partial charge in [0.2, 0.25) is 0 Å². The lowest BCUT2D eigenvalue weighted by Crippen LogP contribution is -2.70. The van der Waals surface area contributed by atoms with Crippen LogP contribution in [0.3, 0.4) is 0 Å². The molecule has 2 saturated heterocycles. The molecule has 0 radical (unpaired) electrons. The van der Waals surface area contributed by atoms with E-state index in [9.17, 15) is 19.8 Å². The number of phenolic OH excluding ortho intramolecular Hbond substituents is 1. The fraction of sp³-hybridized carbons (Fsp3) is 0.459. The fourth-order valence-corrected chi connectivity index (χ4v) is 9.39. The van der Waals surface area contributed by atoms with E-state index in [1.807, 2.05) is 49.4 Å². The summed E-state index contributed by atoms with van der Waals surface area (Å²) in [4.78, 5) is 27.0. The Morgan fingerprint density at radius 1 is 1.17 bits per heavy atom. The number of carbonyl (C=O) groups is 2. The predicted molar refractivity (Wildman–Crippen MR) is 179 cm³/mol. The molecule has 3 bridgehead atoms. The number of aliphatic hydroxyl groups is 1. The normalized spacial score (nSPS) is 36.6. The summed E-state index contributed by atoms with van der Waals surface area (Å²) in [5, 5.41) is 22.5. The van der Waals surface area contributed by atoms with Crippen LogP contribution in [0.1, 0.15) is 44.7 Å². The van der Waals surface area contributed by atoms with Gasteiger partial charge in [0.25, 0.3) is 5.97 Å². The second-order valence-corrected chi connectivity index (χ2v) is 14.9. The highest BCUT2D eigenvalue weighted by molar-refractivity contribution is 14.1. The summed E-state index contributed by atoms with van der Waals surface area (Å²) in [6.07, 6.45) is 4.13. The van der Waals surface area contributed by atoms with Crippen LogP contribution >= 0.6 is 22.6 Å². The van der Waals surface area contributed by atoms with Gasteiger partial charge in [0.1, 0.15) is 23.9 Å². The zero-order valence-electron chi connectivity index (χ0n) is 26.9. The fourth-order valence-electron chi connectivity index (χ4n) is 8.75. The number of esters is 1. The minimum absolute atomic E-state index is 0.0175. The molecule has 2 aliphatic heterocycles. The molecule has 5 aliphatic rings. The molecule has 7 rings (SSSR count). The molecule has 10 heteroatoms. The molecule has 0 amide bonds. The Kier molecular flexibility index (Phi) is 7.79. The molecule has 2 heterocycles. The lowest BCUT2D eigenvalue weighted by Gasteiger charge is -2.59. The Bertz CT molecular complexity index is 1730. The van der Waals surface area contributed by atoms with Gasteiger partial charge in [0.15, 0.2) is 17.3 Å². The van der Waals surface area contributed by atoms with E-state index >= 15 is 0 Å². The summed E-state index contributed by atoms with van der Waals surface area (Å²) in [7, 11) is 1.44.